The van der Waals surface area contributed by atoms with Gasteiger partial charge in [0.2, 0.25) is 0 Å². The second kappa shape index (κ2) is 2.07. The van der Waals surface area contributed by atoms with E-state index in [1.165, 1.54) is 0 Å². The van der Waals surface area contributed by atoms with Crippen molar-refractivity contribution in [3.05, 3.63) is 12.3 Å². The normalized spacial score (nSPS) is 11.4. The van der Waals surface area contributed by atoms with Crippen LogP contribution in [0.2, 0.25) is 0 Å². The molecule has 0 radical (unpaired) electrons. The Labute approximate surface area is 45.0 Å². The van der Waals surface area contributed by atoms with E-state index in [2.05, 4.69) is 12.3 Å². The van der Waals surface area contributed by atoms with Crippen molar-refractivity contribution < 1.29 is 13.2 Å². The lowest BCUT2D eigenvalue weighted by molar-refractivity contribution is -0.127. The van der Waals surface area contributed by atoms with E-state index in [9.17, 15) is 13.2 Å². The van der Waals surface area contributed by atoms with Gasteiger partial charge < -0.3 is 5.73 Å². The van der Waals surface area contributed by atoms with Crippen molar-refractivity contribution >= 4 is 0 Å². The largest absolute Gasteiger partial charge is 0.402 e. The van der Waals surface area contributed by atoms with Crippen LogP contribution in [0.4, 0.5) is 13.2 Å². The second-order valence-corrected chi connectivity index (χ2v) is 1.45. The molecule has 0 saturated carbocycles. The summed E-state index contributed by atoms with van der Waals surface area (Å²) in [6, 6.07) is 0. The Morgan fingerprint density at radius 2 is 1.88 bits per heavy atom. The molecule has 0 aliphatic carbocycles. The average Bonchev–Trinajstić information content (AvgIpc) is 1.21. The van der Waals surface area contributed by atoms with E-state index in [0.29, 0.717) is 0 Å². The minimum Gasteiger partial charge on any atom is -0.402 e. The molecule has 48 valence electrons. The zero-order chi connectivity index (χ0) is 6.78. The van der Waals surface area contributed by atoms with E-state index in [-0.39, 0.29) is 5.70 Å². The molecule has 0 heterocycles. The number of hydrogen-bond donors (Lipinski definition) is 1. The Hall–Kier alpha value is -0.670. The van der Waals surface area contributed by atoms with Gasteiger partial charge in [0.05, 0.1) is 6.42 Å². The Morgan fingerprint density at radius 1 is 1.50 bits per heavy atom. The van der Waals surface area contributed by atoms with Gasteiger partial charge in [0.25, 0.3) is 0 Å². The Kier molecular flexibility index (Phi) is 1.89. The number of rotatable bonds is 1. The maximum atomic E-state index is 11.2. The first kappa shape index (κ1) is 7.33. The summed E-state index contributed by atoms with van der Waals surface area (Å²) >= 11 is 0. The lowest BCUT2D eigenvalue weighted by Gasteiger charge is -2.02. The molecule has 0 spiro atoms. The summed E-state index contributed by atoms with van der Waals surface area (Å²) < 4.78 is 33.5. The highest BCUT2D eigenvalue weighted by atomic mass is 19.4. The van der Waals surface area contributed by atoms with Crippen LogP contribution < -0.4 is 5.73 Å². The average molecular weight is 125 g/mol. The lowest BCUT2D eigenvalue weighted by atomic mass is 10.3. The summed E-state index contributed by atoms with van der Waals surface area (Å²) in [5.74, 6) is 0. The second-order valence-electron chi connectivity index (χ2n) is 1.45. The maximum Gasteiger partial charge on any atom is 0.394 e. The molecular weight excluding hydrogens is 119 g/mol. The number of halogens is 3. The third kappa shape index (κ3) is 5.33. The molecule has 0 aromatic carbocycles. The molecule has 0 aliphatic heterocycles. The molecule has 4 heteroatoms. The number of nitrogens with two attached hydrogens (primary N) is 1. The van der Waals surface area contributed by atoms with Crippen molar-refractivity contribution in [3.63, 3.8) is 0 Å². The number of alkyl halides is 3. The molecule has 0 amide bonds. The monoisotopic (exact) mass is 125 g/mol. The lowest BCUT2D eigenvalue weighted by Crippen LogP contribution is -2.11. The van der Waals surface area contributed by atoms with Gasteiger partial charge in [-0.2, -0.15) is 13.2 Å². The van der Waals surface area contributed by atoms with Crippen molar-refractivity contribution in [2.45, 2.75) is 12.6 Å². The van der Waals surface area contributed by atoms with Crippen LogP contribution in [0.5, 0.6) is 0 Å². The topological polar surface area (TPSA) is 26.0 Å². The smallest absolute Gasteiger partial charge is 0.394 e. The maximum absolute atomic E-state index is 11.2. The molecule has 2 N–H and O–H groups in total. The summed E-state index contributed by atoms with van der Waals surface area (Å²) in [6.45, 7) is 2.90. The predicted molar refractivity (Wildman–Crippen MR) is 24.0 cm³/mol. The fourth-order valence-corrected chi connectivity index (χ4v) is 0.257. The van der Waals surface area contributed by atoms with Gasteiger partial charge in [0.1, 0.15) is 0 Å². The standard InChI is InChI=1S/C4H6F3N/c1-3(8)2-4(5,6)7/h1-2,8H2. The number of hydrogen-bond acceptors (Lipinski definition) is 1. The molecule has 1 nitrogen and oxygen atoms in total. The van der Waals surface area contributed by atoms with E-state index in [1.807, 2.05) is 0 Å². The fourth-order valence-electron chi connectivity index (χ4n) is 0.257. The molecular formula is C4H6F3N. The third-order valence-corrected chi connectivity index (χ3v) is 0.428. The minimum absolute atomic E-state index is 0.350. The van der Waals surface area contributed by atoms with Gasteiger partial charge >= 0.3 is 6.18 Å². The van der Waals surface area contributed by atoms with E-state index in [4.69, 9.17) is 0 Å². The third-order valence-electron chi connectivity index (χ3n) is 0.428. The van der Waals surface area contributed by atoms with Crippen LogP contribution in [-0.4, -0.2) is 6.18 Å². The first-order valence-electron chi connectivity index (χ1n) is 1.92. The van der Waals surface area contributed by atoms with Gasteiger partial charge in [0.15, 0.2) is 0 Å². The molecule has 0 saturated heterocycles. The summed E-state index contributed by atoms with van der Waals surface area (Å²) in [7, 11) is 0. The zero-order valence-electron chi connectivity index (χ0n) is 4.13. The molecule has 0 unspecified atom stereocenters. The van der Waals surface area contributed by atoms with Crippen molar-refractivity contribution in [2.75, 3.05) is 0 Å². The molecule has 0 bridgehead atoms. The molecule has 8 heavy (non-hydrogen) atoms. The van der Waals surface area contributed by atoms with Gasteiger partial charge in [-0.1, -0.05) is 6.58 Å². The Bertz CT molecular complexity index is 93.9. The van der Waals surface area contributed by atoms with Crippen LogP contribution in [0.1, 0.15) is 6.42 Å². The molecule has 0 rings (SSSR count). The van der Waals surface area contributed by atoms with Gasteiger partial charge in [-0.15, -0.1) is 0 Å². The van der Waals surface area contributed by atoms with Gasteiger partial charge in [-0.25, -0.2) is 0 Å². The van der Waals surface area contributed by atoms with Crippen LogP contribution >= 0.6 is 0 Å². The molecule has 0 aromatic rings. The first-order valence-corrected chi connectivity index (χ1v) is 1.92. The van der Waals surface area contributed by atoms with Crippen LogP contribution in [-0.2, 0) is 0 Å². The van der Waals surface area contributed by atoms with Gasteiger partial charge in [-0.3, -0.25) is 0 Å². The summed E-state index contributed by atoms with van der Waals surface area (Å²) in [5, 5.41) is 0. The predicted octanol–water partition coefficient (Wildman–Crippen LogP) is 1.41. The zero-order valence-corrected chi connectivity index (χ0v) is 4.13. The highest BCUT2D eigenvalue weighted by Crippen LogP contribution is 2.20. The Balaban J connectivity index is 3.55. The highest BCUT2D eigenvalue weighted by molar-refractivity contribution is 4.88. The summed E-state index contributed by atoms with van der Waals surface area (Å²) in [6.07, 6.45) is -5.29. The van der Waals surface area contributed by atoms with Crippen molar-refractivity contribution in [1.29, 1.82) is 0 Å². The SMILES string of the molecule is C=C(N)CC(F)(F)F. The van der Waals surface area contributed by atoms with Crippen molar-refractivity contribution in [2.24, 2.45) is 5.73 Å². The first-order chi connectivity index (χ1) is 3.42. The Morgan fingerprint density at radius 3 is 1.88 bits per heavy atom. The van der Waals surface area contributed by atoms with Crippen molar-refractivity contribution in [1.82, 2.24) is 0 Å². The van der Waals surface area contributed by atoms with Crippen LogP contribution in [0, 0.1) is 0 Å². The summed E-state index contributed by atoms with van der Waals surface area (Å²) in [4.78, 5) is 0. The fraction of sp³-hybridized carbons (Fsp3) is 0.500. The van der Waals surface area contributed by atoms with E-state index >= 15 is 0 Å². The molecule has 0 atom stereocenters. The molecule has 0 aromatic heterocycles. The van der Waals surface area contributed by atoms with Gasteiger partial charge in [-0.05, 0) is 0 Å². The van der Waals surface area contributed by atoms with Gasteiger partial charge in [0, 0.05) is 5.70 Å². The van der Waals surface area contributed by atoms with E-state index < -0.39 is 12.6 Å². The van der Waals surface area contributed by atoms with E-state index in [1.54, 1.807) is 0 Å². The summed E-state index contributed by atoms with van der Waals surface area (Å²) in [5.41, 5.74) is 4.31. The van der Waals surface area contributed by atoms with Crippen LogP contribution in [0.15, 0.2) is 12.3 Å². The van der Waals surface area contributed by atoms with E-state index in [0.717, 1.165) is 0 Å². The molecule has 0 fully saturated rings. The van der Waals surface area contributed by atoms with Crippen molar-refractivity contribution in [3.8, 4) is 0 Å². The molecule has 0 aliphatic rings. The number of allylic oxidation sites excluding steroid dienone is 1. The minimum atomic E-state index is -4.20. The van der Waals surface area contributed by atoms with Crippen LogP contribution in [0.3, 0.4) is 0 Å². The highest BCUT2D eigenvalue weighted by Gasteiger charge is 2.26. The quantitative estimate of drug-likeness (QED) is 0.563. The van der Waals surface area contributed by atoms with Crippen LogP contribution in [0.25, 0.3) is 0 Å².